The molecular weight excluding hydrogens is 252 g/mol. The lowest BCUT2D eigenvalue weighted by molar-refractivity contribution is -0.126. The van der Waals surface area contributed by atoms with Crippen LogP contribution >= 0.6 is 0 Å². The zero-order chi connectivity index (χ0) is 14.4. The van der Waals surface area contributed by atoms with Gasteiger partial charge >= 0.3 is 0 Å². The van der Waals surface area contributed by atoms with Crippen LogP contribution in [0.5, 0.6) is 0 Å². The average molecular weight is 278 g/mol. The van der Waals surface area contributed by atoms with E-state index in [9.17, 15) is 4.79 Å². The van der Waals surface area contributed by atoms with Crippen molar-refractivity contribution in [1.29, 1.82) is 0 Å². The van der Waals surface area contributed by atoms with E-state index in [1.807, 2.05) is 10.9 Å². The van der Waals surface area contributed by atoms with Crippen LogP contribution in [0.2, 0.25) is 0 Å². The third kappa shape index (κ3) is 4.05. The largest absolute Gasteiger partial charge is 0.350 e. The summed E-state index contributed by atoms with van der Waals surface area (Å²) in [5.74, 6) is 1.21. The number of aryl methyl sites for hydroxylation is 1. The second kappa shape index (κ2) is 7.41. The SMILES string of the molecule is CCCn1cc(CNC(=O)C2CCC(CC)CC2)nn1. The van der Waals surface area contributed by atoms with Gasteiger partial charge in [0, 0.05) is 12.5 Å². The Morgan fingerprint density at radius 1 is 1.35 bits per heavy atom. The fraction of sp³-hybridized carbons (Fsp3) is 0.800. The first-order chi connectivity index (χ1) is 9.72. The van der Waals surface area contributed by atoms with E-state index in [0.717, 1.165) is 37.4 Å². The number of nitrogens with zero attached hydrogens (tertiary/aromatic N) is 3. The molecule has 1 heterocycles. The van der Waals surface area contributed by atoms with Crippen molar-refractivity contribution in [1.82, 2.24) is 20.3 Å². The molecule has 1 amide bonds. The van der Waals surface area contributed by atoms with Gasteiger partial charge in [-0.2, -0.15) is 0 Å². The lowest BCUT2D eigenvalue weighted by Crippen LogP contribution is -2.32. The lowest BCUT2D eigenvalue weighted by Gasteiger charge is -2.26. The van der Waals surface area contributed by atoms with Crippen LogP contribution in [0.15, 0.2) is 6.20 Å². The van der Waals surface area contributed by atoms with E-state index in [4.69, 9.17) is 0 Å². The molecule has 112 valence electrons. The van der Waals surface area contributed by atoms with Crippen LogP contribution in [-0.4, -0.2) is 20.9 Å². The zero-order valence-electron chi connectivity index (χ0n) is 12.6. The second-order valence-corrected chi connectivity index (χ2v) is 5.82. The smallest absolute Gasteiger partial charge is 0.223 e. The predicted octanol–water partition coefficient (Wildman–Crippen LogP) is 2.52. The summed E-state index contributed by atoms with van der Waals surface area (Å²) < 4.78 is 1.83. The molecule has 0 aromatic carbocycles. The summed E-state index contributed by atoms with van der Waals surface area (Å²) in [6.07, 6.45) is 8.66. The molecule has 1 fully saturated rings. The number of aromatic nitrogens is 3. The highest BCUT2D eigenvalue weighted by atomic mass is 16.1. The van der Waals surface area contributed by atoms with E-state index in [1.165, 1.54) is 19.3 Å². The maximum atomic E-state index is 12.1. The molecular formula is C15H26N4O. The first-order valence-electron chi connectivity index (χ1n) is 7.89. The molecule has 0 spiro atoms. The topological polar surface area (TPSA) is 59.8 Å². The summed E-state index contributed by atoms with van der Waals surface area (Å²) in [5, 5.41) is 11.1. The normalized spacial score (nSPS) is 22.7. The highest BCUT2D eigenvalue weighted by Crippen LogP contribution is 2.30. The van der Waals surface area contributed by atoms with Crippen molar-refractivity contribution in [3.05, 3.63) is 11.9 Å². The minimum atomic E-state index is 0.185. The van der Waals surface area contributed by atoms with Crippen LogP contribution in [-0.2, 0) is 17.9 Å². The number of nitrogens with one attached hydrogen (secondary N) is 1. The van der Waals surface area contributed by atoms with Gasteiger partial charge in [-0.1, -0.05) is 25.5 Å². The molecule has 0 unspecified atom stereocenters. The van der Waals surface area contributed by atoms with E-state index in [1.54, 1.807) is 0 Å². The highest BCUT2D eigenvalue weighted by molar-refractivity contribution is 5.78. The van der Waals surface area contributed by atoms with Crippen LogP contribution in [0.25, 0.3) is 0 Å². The van der Waals surface area contributed by atoms with Gasteiger partial charge < -0.3 is 5.32 Å². The molecule has 1 aromatic rings. The van der Waals surface area contributed by atoms with Gasteiger partial charge in [0.15, 0.2) is 0 Å². The summed E-state index contributed by atoms with van der Waals surface area (Å²) in [6, 6.07) is 0. The highest BCUT2D eigenvalue weighted by Gasteiger charge is 2.25. The Kier molecular flexibility index (Phi) is 5.56. The van der Waals surface area contributed by atoms with Crippen LogP contribution in [0.3, 0.4) is 0 Å². The molecule has 0 atom stereocenters. The Hall–Kier alpha value is -1.39. The minimum absolute atomic E-state index is 0.185. The molecule has 1 aliphatic carbocycles. The van der Waals surface area contributed by atoms with Crippen LogP contribution < -0.4 is 5.32 Å². The van der Waals surface area contributed by atoms with Gasteiger partial charge in [0.1, 0.15) is 5.69 Å². The maximum absolute atomic E-state index is 12.1. The van der Waals surface area contributed by atoms with Crippen LogP contribution in [0, 0.1) is 11.8 Å². The molecule has 0 radical (unpaired) electrons. The number of rotatable bonds is 6. The molecule has 0 bridgehead atoms. The molecule has 2 rings (SSSR count). The molecule has 1 saturated carbocycles. The van der Waals surface area contributed by atoms with Crippen molar-refractivity contribution >= 4 is 5.91 Å². The van der Waals surface area contributed by atoms with E-state index >= 15 is 0 Å². The first-order valence-corrected chi connectivity index (χ1v) is 7.89. The predicted molar refractivity (Wildman–Crippen MR) is 77.9 cm³/mol. The van der Waals surface area contributed by atoms with Gasteiger partial charge in [-0.3, -0.25) is 9.48 Å². The minimum Gasteiger partial charge on any atom is -0.350 e. The number of hydrogen-bond donors (Lipinski definition) is 1. The summed E-state index contributed by atoms with van der Waals surface area (Å²) in [7, 11) is 0. The Balaban J connectivity index is 1.74. The molecule has 1 aromatic heterocycles. The Morgan fingerprint density at radius 3 is 2.75 bits per heavy atom. The van der Waals surface area contributed by atoms with Crippen molar-refractivity contribution < 1.29 is 4.79 Å². The summed E-state index contributed by atoms with van der Waals surface area (Å²) in [4.78, 5) is 12.1. The van der Waals surface area contributed by atoms with Gasteiger partial charge in [0.2, 0.25) is 5.91 Å². The maximum Gasteiger partial charge on any atom is 0.223 e. The second-order valence-electron chi connectivity index (χ2n) is 5.82. The molecule has 5 heteroatoms. The standard InChI is InChI=1S/C15H26N4O/c1-3-9-19-11-14(17-18-19)10-16-15(20)13-7-5-12(4-2)6-8-13/h11-13H,3-10H2,1-2H3,(H,16,20). The Morgan fingerprint density at radius 2 is 2.10 bits per heavy atom. The number of amides is 1. The van der Waals surface area contributed by atoms with Crippen molar-refractivity contribution in [2.45, 2.75) is 65.5 Å². The third-order valence-electron chi connectivity index (χ3n) is 4.28. The number of hydrogen-bond acceptors (Lipinski definition) is 3. The number of carbonyl (C=O) groups is 1. The van der Waals surface area contributed by atoms with Crippen LogP contribution in [0.1, 0.15) is 58.1 Å². The van der Waals surface area contributed by atoms with Crippen molar-refractivity contribution in [2.75, 3.05) is 0 Å². The Bertz CT molecular complexity index is 421. The van der Waals surface area contributed by atoms with Crippen molar-refractivity contribution in [3.8, 4) is 0 Å². The molecule has 1 aliphatic rings. The van der Waals surface area contributed by atoms with E-state index in [-0.39, 0.29) is 11.8 Å². The zero-order valence-corrected chi connectivity index (χ0v) is 12.6. The number of carbonyl (C=O) groups excluding carboxylic acids is 1. The third-order valence-corrected chi connectivity index (χ3v) is 4.28. The molecule has 0 saturated heterocycles. The van der Waals surface area contributed by atoms with Gasteiger partial charge in [-0.25, -0.2) is 0 Å². The van der Waals surface area contributed by atoms with Gasteiger partial charge in [0.05, 0.1) is 12.7 Å². The quantitative estimate of drug-likeness (QED) is 0.870. The molecule has 0 aliphatic heterocycles. The van der Waals surface area contributed by atoms with Gasteiger partial charge in [-0.05, 0) is 38.0 Å². The lowest BCUT2D eigenvalue weighted by atomic mass is 9.80. The van der Waals surface area contributed by atoms with Crippen molar-refractivity contribution in [3.63, 3.8) is 0 Å². The van der Waals surface area contributed by atoms with E-state index in [0.29, 0.717) is 6.54 Å². The Labute approximate surface area is 121 Å². The van der Waals surface area contributed by atoms with Gasteiger partial charge in [-0.15, -0.1) is 5.10 Å². The molecule has 5 nitrogen and oxygen atoms in total. The van der Waals surface area contributed by atoms with E-state index < -0.39 is 0 Å². The summed E-state index contributed by atoms with van der Waals surface area (Å²) >= 11 is 0. The average Bonchev–Trinajstić information content (AvgIpc) is 2.93. The molecule has 1 N–H and O–H groups in total. The molecule has 20 heavy (non-hydrogen) atoms. The summed E-state index contributed by atoms with van der Waals surface area (Å²) in [6.45, 7) is 5.72. The fourth-order valence-corrected chi connectivity index (χ4v) is 2.91. The first kappa shape index (κ1) is 15.0. The van der Waals surface area contributed by atoms with E-state index in [2.05, 4.69) is 29.5 Å². The fourth-order valence-electron chi connectivity index (χ4n) is 2.91. The monoisotopic (exact) mass is 278 g/mol. The summed E-state index contributed by atoms with van der Waals surface area (Å²) in [5.41, 5.74) is 0.842. The van der Waals surface area contributed by atoms with Crippen LogP contribution in [0.4, 0.5) is 0 Å². The van der Waals surface area contributed by atoms with Crippen molar-refractivity contribution in [2.24, 2.45) is 11.8 Å². The van der Waals surface area contributed by atoms with Gasteiger partial charge in [0.25, 0.3) is 0 Å².